The molecule has 1 aromatic heterocycles. The maximum absolute atomic E-state index is 6.15. The van der Waals surface area contributed by atoms with Gasteiger partial charge in [0.1, 0.15) is 11.4 Å². The van der Waals surface area contributed by atoms with Crippen molar-refractivity contribution in [1.29, 1.82) is 0 Å². The first-order valence-corrected chi connectivity index (χ1v) is 7.40. The molecule has 0 atom stereocenters. The number of benzene rings is 1. The van der Waals surface area contributed by atoms with E-state index in [-0.39, 0.29) is 5.95 Å². The van der Waals surface area contributed by atoms with Crippen LogP contribution < -0.4 is 16.4 Å². The second kappa shape index (κ2) is 5.60. The molecule has 0 bridgehead atoms. The van der Waals surface area contributed by atoms with E-state index in [2.05, 4.69) is 46.1 Å². The summed E-state index contributed by atoms with van der Waals surface area (Å²) in [7, 11) is 0. The fourth-order valence-electron chi connectivity index (χ4n) is 2.83. The molecular formula is C16H21N5. The van der Waals surface area contributed by atoms with Crippen LogP contribution >= 0.6 is 0 Å². The second-order valence-electron chi connectivity index (χ2n) is 5.58. The first-order valence-electron chi connectivity index (χ1n) is 7.40. The van der Waals surface area contributed by atoms with E-state index >= 15 is 0 Å². The Hall–Kier alpha value is -2.30. The van der Waals surface area contributed by atoms with Crippen LogP contribution in [0.2, 0.25) is 0 Å². The minimum Gasteiger partial charge on any atom is -0.382 e. The van der Waals surface area contributed by atoms with E-state index in [4.69, 9.17) is 11.5 Å². The van der Waals surface area contributed by atoms with Gasteiger partial charge in [0, 0.05) is 18.7 Å². The molecule has 2 heterocycles. The van der Waals surface area contributed by atoms with Crippen LogP contribution in [-0.2, 0) is 0 Å². The van der Waals surface area contributed by atoms with Gasteiger partial charge < -0.3 is 16.4 Å². The van der Waals surface area contributed by atoms with Gasteiger partial charge in [0.15, 0.2) is 5.82 Å². The number of nitrogens with zero attached hydrogens (tertiary/aromatic N) is 3. The number of nitrogens with two attached hydrogens (primary N) is 2. The first-order chi connectivity index (χ1) is 10.1. The summed E-state index contributed by atoms with van der Waals surface area (Å²) in [6, 6.07) is 8.27. The quantitative estimate of drug-likeness (QED) is 0.885. The summed E-state index contributed by atoms with van der Waals surface area (Å²) in [5.74, 6) is 0.698. The van der Waals surface area contributed by atoms with E-state index in [0.29, 0.717) is 5.82 Å². The van der Waals surface area contributed by atoms with Crippen LogP contribution in [0, 0.1) is 6.92 Å². The van der Waals surface area contributed by atoms with Crippen molar-refractivity contribution in [2.24, 2.45) is 0 Å². The summed E-state index contributed by atoms with van der Waals surface area (Å²) in [5.41, 5.74) is 16.0. The van der Waals surface area contributed by atoms with Gasteiger partial charge >= 0.3 is 0 Å². The molecule has 21 heavy (non-hydrogen) atoms. The molecule has 110 valence electrons. The van der Waals surface area contributed by atoms with Crippen LogP contribution in [0.4, 0.5) is 17.5 Å². The molecule has 2 aromatic rings. The third-order valence-electron chi connectivity index (χ3n) is 3.93. The molecule has 5 nitrogen and oxygen atoms in total. The molecule has 1 aliphatic rings. The average molecular weight is 283 g/mol. The number of piperidine rings is 1. The van der Waals surface area contributed by atoms with Gasteiger partial charge in [-0.1, -0.05) is 29.8 Å². The Morgan fingerprint density at radius 3 is 2.29 bits per heavy atom. The number of aryl methyl sites for hydroxylation is 1. The van der Waals surface area contributed by atoms with E-state index in [9.17, 15) is 0 Å². The lowest BCUT2D eigenvalue weighted by atomic mass is 10.1. The van der Waals surface area contributed by atoms with Gasteiger partial charge in [0.2, 0.25) is 5.95 Å². The lowest BCUT2D eigenvalue weighted by Gasteiger charge is -2.30. The van der Waals surface area contributed by atoms with Crippen molar-refractivity contribution in [3.63, 3.8) is 0 Å². The van der Waals surface area contributed by atoms with Crippen molar-refractivity contribution in [2.45, 2.75) is 26.2 Å². The Kier molecular flexibility index (Phi) is 3.64. The molecule has 0 amide bonds. The van der Waals surface area contributed by atoms with Crippen LogP contribution in [0.5, 0.6) is 0 Å². The zero-order chi connectivity index (χ0) is 14.8. The highest BCUT2D eigenvalue weighted by molar-refractivity contribution is 5.83. The standard InChI is InChI=1S/C16H21N5/c1-11-5-7-12(8-6-11)13-14(15(17)20-16(18)19-13)21-9-3-2-4-10-21/h5-8H,2-4,9-10H2,1H3,(H4,17,18,19,20). The maximum Gasteiger partial charge on any atom is 0.222 e. The van der Waals surface area contributed by atoms with Gasteiger partial charge in [0.05, 0.1) is 0 Å². The Labute approximate surface area is 125 Å². The molecule has 1 saturated heterocycles. The highest BCUT2D eigenvalue weighted by Crippen LogP contribution is 2.35. The molecular weight excluding hydrogens is 262 g/mol. The number of hydrogen-bond acceptors (Lipinski definition) is 5. The lowest BCUT2D eigenvalue weighted by Crippen LogP contribution is -2.31. The van der Waals surface area contributed by atoms with Crippen LogP contribution in [0.1, 0.15) is 24.8 Å². The van der Waals surface area contributed by atoms with Crippen molar-refractivity contribution < 1.29 is 0 Å². The predicted octanol–water partition coefficient (Wildman–Crippen LogP) is 2.61. The molecule has 0 unspecified atom stereocenters. The van der Waals surface area contributed by atoms with Gasteiger partial charge in [0.25, 0.3) is 0 Å². The lowest BCUT2D eigenvalue weighted by molar-refractivity contribution is 0.578. The van der Waals surface area contributed by atoms with Gasteiger partial charge in [-0.2, -0.15) is 4.98 Å². The van der Waals surface area contributed by atoms with Crippen molar-refractivity contribution in [3.05, 3.63) is 29.8 Å². The minimum atomic E-state index is 0.226. The second-order valence-corrected chi connectivity index (χ2v) is 5.58. The summed E-state index contributed by atoms with van der Waals surface area (Å²) >= 11 is 0. The molecule has 1 fully saturated rings. The molecule has 3 rings (SSSR count). The van der Waals surface area contributed by atoms with Crippen molar-refractivity contribution in [3.8, 4) is 11.3 Å². The summed E-state index contributed by atoms with van der Waals surface area (Å²) in [5, 5.41) is 0. The predicted molar refractivity (Wildman–Crippen MR) is 87.1 cm³/mol. The van der Waals surface area contributed by atoms with Crippen LogP contribution in [0.15, 0.2) is 24.3 Å². The van der Waals surface area contributed by atoms with Gasteiger partial charge in [-0.3, -0.25) is 0 Å². The Morgan fingerprint density at radius 2 is 1.62 bits per heavy atom. The number of nitrogen functional groups attached to an aromatic ring is 2. The number of rotatable bonds is 2. The molecule has 5 heteroatoms. The van der Waals surface area contributed by atoms with Gasteiger partial charge in [-0.05, 0) is 26.2 Å². The summed E-state index contributed by atoms with van der Waals surface area (Å²) in [6.07, 6.45) is 3.63. The minimum absolute atomic E-state index is 0.226. The van der Waals surface area contributed by atoms with Crippen LogP contribution in [0.25, 0.3) is 11.3 Å². The topological polar surface area (TPSA) is 81.1 Å². The summed E-state index contributed by atoms with van der Waals surface area (Å²) in [4.78, 5) is 10.9. The molecule has 0 spiro atoms. The largest absolute Gasteiger partial charge is 0.382 e. The molecule has 0 radical (unpaired) electrons. The summed E-state index contributed by atoms with van der Waals surface area (Å²) in [6.45, 7) is 4.06. The average Bonchev–Trinajstić information content (AvgIpc) is 2.48. The Morgan fingerprint density at radius 1 is 0.952 bits per heavy atom. The zero-order valence-corrected chi connectivity index (χ0v) is 12.3. The molecule has 0 aliphatic carbocycles. The molecule has 1 aliphatic heterocycles. The van der Waals surface area contributed by atoms with E-state index < -0.39 is 0 Å². The summed E-state index contributed by atoms with van der Waals surface area (Å²) < 4.78 is 0. The van der Waals surface area contributed by atoms with E-state index in [1.54, 1.807) is 0 Å². The number of anilines is 3. The molecule has 4 N–H and O–H groups in total. The maximum atomic E-state index is 6.15. The monoisotopic (exact) mass is 283 g/mol. The normalized spacial score (nSPS) is 15.2. The first kappa shape index (κ1) is 13.7. The van der Waals surface area contributed by atoms with Crippen molar-refractivity contribution in [2.75, 3.05) is 29.5 Å². The highest BCUT2D eigenvalue weighted by Gasteiger charge is 2.21. The molecule has 0 saturated carbocycles. The zero-order valence-electron chi connectivity index (χ0n) is 12.3. The molecule has 1 aromatic carbocycles. The van der Waals surface area contributed by atoms with Crippen LogP contribution in [0.3, 0.4) is 0 Å². The van der Waals surface area contributed by atoms with Crippen molar-refractivity contribution >= 4 is 17.5 Å². The Balaban J connectivity index is 2.11. The highest BCUT2D eigenvalue weighted by atomic mass is 15.2. The van der Waals surface area contributed by atoms with E-state index in [0.717, 1.165) is 30.0 Å². The van der Waals surface area contributed by atoms with Crippen LogP contribution in [-0.4, -0.2) is 23.1 Å². The third kappa shape index (κ3) is 2.77. The fraction of sp³-hybridized carbons (Fsp3) is 0.375. The van der Waals surface area contributed by atoms with Gasteiger partial charge in [-0.25, -0.2) is 4.98 Å². The van der Waals surface area contributed by atoms with Crippen molar-refractivity contribution in [1.82, 2.24) is 9.97 Å². The Bertz CT molecular complexity index is 630. The van der Waals surface area contributed by atoms with Gasteiger partial charge in [-0.15, -0.1) is 0 Å². The number of hydrogen-bond donors (Lipinski definition) is 2. The van der Waals surface area contributed by atoms with E-state index in [1.165, 1.54) is 24.8 Å². The number of aromatic nitrogens is 2. The third-order valence-corrected chi connectivity index (χ3v) is 3.93. The SMILES string of the molecule is Cc1ccc(-c2nc(N)nc(N)c2N2CCCCC2)cc1. The smallest absolute Gasteiger partial charge is 0.222 e. The fourth-order valence-corrected chi connectivity index (χ4v) is 2.83. The van der Waals surface area contributed by atoms with E-state index in [1.807, 2.05) is 0 Å².